The van der Waals surface area contributed by atoms with Crippen molar-refractivity contribution in [3.63, 3.8) is 0 Å². The van der Waals surface area contributed by atoms with Crippen LogP contribution in [0.25, 0.3) is 0 Å². The van der Waals surface area contributed by atoms with E-state index in [2.05, 4.69) is 19.2 Å². The summed E-state index contributed by atoms with van der Waals surface area (Å²) in [6.45, 7) is 3.14. The summed E-state index contributed by atoms with van der Waals surface area (Å²) < 4.78 is 14.1. The Hall–Kier alpha value is -2.77. The topological polar surface area (TPSA) is 89.9 Å². The van der Waals surface area contributed by atoms with Gasteiger partial charge in [-0.3, -0.25) is 9.59 Å². The predicted octanol–water partition coefficient (Wildman–Crippen LogP) is 2.31. The van der Waals surface area contributed by atoms with Gasteiger partial charge in [0.25, 0.3) is 5.91 Å². The lowest BCUT2D eigenvalue weighted by atomic mass is 9.95. The molecule has 4 atom stereocenters. The molecule has 2 aromatic rings. The molecule has 0 bridgehead atoms. The normalized spacial score (nSPS) is 20.5. The number of nitrogens with one attached hydrogen (secondary N) is 1. The molecule has 2 amide bonds. The quantitative estimate of drug-likeness (QED) is 0.631. The highest BCUT2D eigenvalue weighted by atomic mass is 19.1. The SMILES string of the molecule is CC(C)c1ccc([C@@H](NC(=O)[C@@H]2C[C@@H](F)CN2C(=O)C(O)CO)c2ccccc2)cc1. The summed E-state index contributed by atoms with van der Waals surface area (Å²) in [7, 11) is 0. The van der Waals surface area contributed by atoms with Gasteiger partial charge in [0.05, 0.1) is 19.2 Å². The van der Waals surface area contributed by atoms with E-state index in [0.717, 1.165) is 16.0 Å². The van der Waals surface area contributed by atoms with Crippen LogP contribution in [0.1, 0.15) is 48.9 Å². The molecule has 7 heteroatoms. The molecule has 0 saturated carbocycles. The summed E-state index contributed by atoms with van der Waals surface area (Å²) in [6, 6.07) is 15.8. The molecule has 3 rings (SSSR count). The Labute approximate surface area is 181 Å². The number of benzene rings is 2. The summed E-state index contributed by atoms with van der Waals surface area (Å²) in [5.41, 5.74) is 2.90. The summed E-state index contributed by atoms with van der Waals surface area (Å²) in [5.74, 6) is -0.975. The minimum absolute atomic E-state index is 0.149. The number of aliphatic hydroxyl groups excluding tert-OH is 2. The minimum atomic E-state index is -1.67. The lowest BCUT2D eigenvalue weighted by Crippen LogP contribution is -2.50. The average molecular weight is 429 g/mol. The Morgan fingerprint density at radius 1 is 1.06 bits per heavy atom. The number of nitrogens with zero attached hydrogens (tertiary/aromatic N) is 1. The maximum Gasteiger partial charge on any atom is 0.254 e. The molecular formula is C24H29FN2O4. The number of alkyl halides is 1. The van der Waals surface area contributed by atoms with E-state index in [-0.39, 0.29) is 13.0 Å². The van der Waals surface area contributed by atoms with Gasteiger partial charge in [-0.05, 0) is 22.6 Å². The van der Waals surface area contributed by atoms with Crippen LogP contribution in [-0.4, -0.2) is 58.4 Å². The zero-order valence-corrected chi connectivity index (χ0v) is 17.7. The van der Waals surface area contributed by atoms with E-state index in [0.29, 0.717) is 5.92 Å². The van der Waals surface area contributed by atoms with E-state index in [1.807, 2.05) is 54.6 Å². The summed E-state index contributed by atoms with van der Waals surface area (Å²) >= 11 is 0. The van der Waals surface area contributed by atoms with Crippen LogP contribution in [0.4, 0.5) is 4.39 Å². The van der Waals surface area contributed by atoms with Crippen LogP contribution in [0.5, 0.6) is 0 Å². The van der Waals surface area contributed by atoms with Crippen LogP contribution in [-0.2, 0) is 9.59 Å². The van der Waals surface area contributed by atoms with E-state index >= 15 is 0 Å². The van der Waals surface area contributed by atoms with Crippen molar-refractivity contribution in [2.45, 2.75) is 50.5 Å². The number of halogens is 1. The molecule has 31 heavy (non-hydrogen) atoms. The maximum absolute atomic E-state index is 14.1. The first kappa shape index (κ1) is 22.9. The number of carbonyl (C=O) groups is 2. The van der Waals surface area contributed by atoms with Gasteiger partial charge >= 0.3 is 0 Å². The molecular weight excluding hydrogens is 399 g/mol. The second-order valence-corrected chi connectivity index (χ2v) is 8.21. The first-order valence-electron chi connectivity index (χ1n) is 10.5. The number of likely N-dealkylation sites (tertiary alicyclic amines) is 1. The summed E-state index contributed by atoms with van der Waals surface area (Å²) in [4.78, 5) is 26.5. The van der Waals surface area contributed by atoms with E-state index in [1.54, 1.807) is 0 Å². The molecule has 3 N–H and O–H groups in total. The third kappa shape index (κ3) is 5.29. The van der Waals surface area contributed by atoms with E-state index in [9.17, 15) is 19.1 Å². The van der Waals surface area contributed by atoms with Crippen molar-refractivity contribution in [3.05, 3.63) is 71.3 Å². The van der Waals surface area contributed by atoms with Crippen LogP contribution in [0.2, 0.25) is 0 Å². The Kier molecular flexibility index (Phi) is 7.41. The van der Waals surface area contributed by atoms with Crippen LogP contribution in [0, 0.1) is 0 Å². The van der Waals surface area contributed by atoms with Crippen molar-refractivity contribution in [2.75, 3.05) is 13.2 Å². The number of hydrogen-bond donors (Lipinski definition) is 3. The fourth-order valence-electron chi connectivity index (χ4n) is 3.86. The molecule has 6 nitrogen and oxygen atoms in total. The Morgan fingerprint density at radius 3 is 2.23 bits per heavy atom. The molecule has 1 fully saturated rings. The third-order valence-corrected chi connectivity index (χ3v) is 5.65. The number of carbonyl (C=O) groups excluding carboxylic acids is 2. The third-order valence-electron chi connectivity index (χ3n) is 5.65. The second kappa shape index (κ2) is 10.0. The average Bonchev–Trinajstić information content (AvgIpc) is 3.18. The second-order valence-electron chi connectivity index (χ2n) is 8.21. The molecule has 0 spiro atoms. The number of amides is 2. The highest BCUT2D eigenvalue weighted by Crippen LogP contribution is 2.27. The Balaban J connectivity index is 1.87. The van der Waals surface area contributed by atoms with Gasteiger partial charge in [-0.15, -0.1) is 0 Å². The van der Waals surface area contributed by atoms with Crippen LogP contribution >= 0.6 is 0 Å². The van der Waals surface area contributed by atoms with Gasteiger partial charge in [0.15, 0.2) is 6.10 Å². The van der Waals surface area contributed by atoms with Crippen molar-refractivity contribution in [3.8, 4) is 0 Å². The summed E-state index contributed by atoms with van der Waals surface area (Å²) in [6.07, 6.45) is -3.19. The standard InChI is InChI=1S/C24H29FN2O4/c1-15(2)16-8-10-18(11-9-16)22(17-6-4-3-5-7-17)26-23(30)20-12-19(25)13-27(20)24(31)21(29)14-28/h3-11,15,19-22,28-29H,12-14H2,1-2H3,(H,26,30)/t19-,20+,21?,22+/m1/s1. The van der Waals surface area contributed by atoms with Gasteiger partial charge in [0, 0.05) is 6.42 Å². The van der Waals surface area contributed by atoms with Gasteiger partial charge in [0.1, 0.15) is 12.2 Å². The van der Waals surface area contributed by atoms with Gasteiger partial charge in [-0.2, -0.15) is 0 Å². The predicted molar refractivity (Wildman–Crippen MR) is 115 cm³/mol. The van der Waals surface area contributed by atoms with Gasteiger partial charge in [-0.1, -0.05) is 68.4 Å². The molecule has 0 aromatic heterocycles. The zero-order chi connectivity index (χ0) is 22.5. The molecule has 0 aliphatic carbocycles. The fourth-order valence-corrected chi connectivity index (χ4v) is 3.86. The zero-order valence-electron chi connectivity index (χ0n) is 17.7. The van der Waals surface area contributed by atoms with Gasteiger partial charge < -0.3 is 20.4 Å². The molecule has 1 heterocycles. The molecule has 166 valence electrons. The number of aliphatic hydroxyl groups is 2. The lowest BCUT2D eigenvalue weighted by molar-refractivity contribution is -0.147. The van der Waals surface area contributed by atoms with Crippen molar-refractivity contribution >= 4 is 11.8 Å². The van der Waals surface area contributed by atoms with Crippen molar-refractivity contribution < 1.29 is 24.2 Å². The number of rotatable bonds is 7. The van der Waals surface area contributed by atoms with Crippen LogP contribution in [0.15, 0.2) is 54.6 Å². The van der Waals surface area contributed by atoms with E-state index < -0.39 is 42.8 Å². The molecule has 1 aliphatic heterocycles. The van der Waals surface area contributed by atoms with E-state index in [1.165, 1.54) is 5.56 Å². The van der Waals surface area contributed by atoms with Gasteiger partial charge in [0.2, 0.25) is 5.91 Å². The lowest BCUT2D eigenvalue weighted by Gasteiger charge is -2.28. The first-order valence-corrected chi connectivity index (χ1v) is 10.5. The molecule has 1 aliphatic rings. The molecule has 2 aromatic carbocycles. The van der Waals surface area contributed by atoms with E-state index in [4.69, 9.17) is 5.11 Å². The Morgan fingerprint density at radius 2 is 1.65 bits per heavy atom. The Bertz CT molecular complexity index is 888. The smallest absolute Gasteiger partial charge is 0.254 e. The number of hydrogen-bond acceptors (Lipinski definition) is 4. The monoisotopic (exact) mass is 428 g/mol. The largest absolute Gasteiger partial charge is 0.393 e. The summed E-state index contributed by atoms with van der Waals surface area (Å²) in [5, 5.41) is 21.7. The van der Waals surface area contributed by atoms with Crippen LogP contribution < -0.4 is 5.32 Å². The van der Waals surface area contributed by atoms with Crippen molar-refractivity contribution in [1.82, 2.24) is 10.2 Å². The molecule has 1 saturated heterocycles. The maximum atomic E-state index is 14.1. The molecule has 0 radical (unpaired) electrons. The van der Waals surface area contributed by atoms with Crippen LogP contribution in [0.3, 0.4) is 0 Å². The van der Waals surface area contributed by atoms with Crippen molar-refractivity contribution in [2.24, 2.45) is 0 Å². The molecule has 1 unspecified atom stereocenters. The van der Waals surface area contributed by atoms with Gasteiger partial charge in [-0.25, -0.2) is 4.39 Å². The highest BCUT2D eigenvalue weighted by molar-refractivity contribution is 5.90. The van der Waals surface area contributed by atoms with Crippen molar-refractivity contribution in [1.29, 1.82) is 0 Å². The minimum Gasteiger partial charge on any atom is -0.393 e. The first-order chi connectivity index (χ1) is 14.8. The highest BCUT2D eigenvalue weighted by Gasteiger charge is 2.42. The fraction of sp³-hybridized carbons (Fsp3) is 0.417.